The van der Waals surface area contributed by atoms with E-state index in [9.17, 15) is 13.2 Å². The maximum absolute atomic E-state index is 11.9. The van der Waals surface area contributed by atoms with E-state index in [1.165, 1.54) is 0 Å². The van der Waals surface area contributed by atoms with Gasteiger partial charge in [0.2, 0.25) is 10.0 Å². The van der Waals surface area contributed by atoms with Crippen LogP contribution >= 0.6 is 0 Å². The largest absolute Gasteiger partial charge is 0.372 e. The highest BCUT2D eigenvalue weighted by molar-refractivity contribution is 7.88. The van der Waals surface area contributed by atoms with Gasteiger partial charge in [0.25, 0.3) is 0 Å². The number of morpholine rings is 1. The predicted octanol–water partition coefficient (Wildman–Crippen LogP) is -0.255. The summed E-state index contributed by atoms with van der Waals surface area (Å²) in [6.45, 7) is 5.81. The van der Waals surface area contributed by atoms with Crippen molar-refractivity contribution in [2.24, 2.45) is 0 Å². The number of nitrogens with one attached hydrogen (secondary N) is 2. The zero-order chi connectivity index (χ0) is 14.5. The molecule has 1 aliphatic heterocycles. The fourth-order valence-electron chi connectivity index (χ4n) is 2.00. The van der Waals surface area contributed by atoms with Crippen molar-refractivity contribution in [1.29, 1.82) is 0 Å². The first-order chi connectivity index (χ1) is 8.78. The highest BCUT2D eigenvalue weighted by Crippen LogP contribution is 2.10. The van der Waals surface area contributed by atoms with Crippen LogP contribution in [0.5, 0.6) is 0 Å². The van der Waals surface area contributed by atoms with Gasteiger partial charge in [-0.15, -0.1) is 0 Å². The fourth-order valence-corrected chi connectivity index (χ4v) is 2.51. The van der Waals surface area contributed by atoms with Gasteiger partial charge in [-0.2, -0.15) is 0 Å². The highest BCUT2D eigenvalue weighted by atomic mass is 32.2. The maximum Gasteiger partial charge on any atom is 0.317 e. The number of ether oxygens (including phenoxy) is 1. The van der Waals surface area contributed by atoms with Crippen LogP contribution in [-0.2, 0) is 14.8 Å². The summed E-state index contributed by atoms with van der Waals surface area (Å²) in [5, 5.41) is 2.78. The summed E-state index contributed by atoms with van der Waals surface area (Å²) in [6, 6.07) is -0.124. The Hall–Kier alpha value is -0.860. The van der Waals surface area contributed by atoms with Gasteiger partial charge in [-0.05, 0) is 20.3 Å². The van der Waals surface area contributed by atoms with E-state index in [-0.39, 0.29) is 18.2 Å². The first-order valence-electron chi connectivity index (χ1n) is 6.41. The molecule has 8 heteroatoms. The molecule has 2 N–H and O–H groups in total. The van der Waals surface area contributed by atoms with E-state index in [4.69, 9.17) is 4.74 Å². The van der Waals surface area contributed by atoms with Crippen LogP contribution < -0.4 is 10.0 Å². The van der Waals surface area contributed by atoms with Crippen LogP contribution in [0.15, 0.2) is 0 Å². The van der Waals surface area contributed by atoms with Crippen molar-refractivity contribution in [2.45, 2.75) is 32.5 Å². The van der Waals surface area contributed by atoms with Gasteiger partial charge in [0.05, 0.1) is 18.5 Å². The summed E-state index contributed by atoms with van der Waals surface area (Å²) >= 11 is 0. The minimum Gasteiger partial charge on any atom is -0.372 e. The molecule has 0 spiro atoms. The molecule has 0 unspecified atom stereocenters. The number of carbonyl (C=O) groups is 1. The number of hydrogen-bond acceptors (Lipinski definition) is 4. The van der Waals surface area contributed by atoms with Crippen LogP contribution in [0, 0.1) is 0 Å². The van der Waals surface area contributed by atoms with E-state index in [0.29, 0.717) is 32.6 Å². The average molecular weight is 293 g/mol. The molecule has 0 saturated carbocycles. The Morgan fingerprint density at radius 2 is 1.84 bits per heavy atom. The lowest BCUT2D eigenvalue weighted by Gasteiger charge is -2.35. The number of carbonyl (C=O) groups excluding carboxylic acids is 1. The number of rotatable bonds is 5. The summed E-state index contributed by atoms with van der Waals surface area (Å²) in [5.74, 6) is 0. The van der Waals surface area contributed by atoms with E-state index in [0.717, 1.165) is 6.26 Å². The molecule has 0 aromatic rings. The van der Waals surface area contributed by atoms with Crippen LogP contribution in [0.3, 0.4) is 0 Å². The topological polar surface area (TPSA) is 87.7 Å². The number of sulfonamides is 1. The third-order valence-corrected chi connectivity index (χ3v) is 3.43. The minimum atomic E-state index is -3.15. The van der Waals surface area contributed by atoms with Crippen molar-refractivity contribution < 1.29 is 17.9 Å². The predicted molar refractivity (Wildman–Crippen MR) is 72.4 cm³/mol. The normalized spacial score (nSPS) is 24.3. The van der Waals surface area contributed by atoms with Gasteiger partial charge in [-0.25, -0.2) is 17.9 Å². The second kappa shape index (κ2) is 7.06. The molecule has 0 aromatic heterocycles. The third-order valence-electron chi connectivity index (χ3n) is 2.70. The second-order valence-corrected chi connectivity index (χ2v) is 6.75. The van der Waals surface area contributed by atoms with Crippen molar-refractivity contribution in [1.82, 2.24) is 14.9 Å². The van der Waals surface area contributed by atoms with Crippen LogP contribution in [-0.4, -0.2) is 64.0 Å². The molecule has 7 nitrogen and oxygen atoms in total. The van der Waals surface area contributed by atoms with Crippen molar-refractivity contribution in [3.05, 3.63) is 0 Å². The van der Waals surface area contributed by atoms with Crippen molar-refractivity contribution in [3.63, 3.8) is 0 Å². The Kier molecular flexibility index (Phi) is 6.02. The first kappa shape index (κ1) is 16.2. The standard InChI is InChI=1S/C11H23N3O4S/c1-9-7-14(8-10(2)18-9)11(15)12-5-4-6-13-19(3,16)17/h9-10,13H,4-8H2,1-3H3,(H,12,15)/t9-,10-/m0/s1. The molecule has 1 fully saturated rings. The highest BCUT2D eigenvalue weighted by Gasteiger charge is 2.25. The first-order valence-corrected chi connectivity index (χ1v) is 8.30. The van der Waals surface area contributed by atoms with Crippen LogP contribution in [0.2, 0.25) is 0 Å². The molecule has 1 aliphatic rings. The Bertz CT molecular complexity index is 389. The minimum absolute atomic E-state index is 0.0430. The SMILES string of the molecule is C[C@H]1CN(C(=O)NCCCNS(C)(=O)=O)C[C@H](C)O1. The molecule has 0 bridgehead atoms. The van der Waals surface area contributed by atoms with Gasteiger partial charge >= 0.3 is 6.03 Å². The summed E-state index contributed by atoms with van der Waals surface area (Å²) in [5.41, 5.74) is 0. The van der Waals surface area contributed by atoms with E-state index in [1.54, 1.807) is 4.90 Å². The lowest BCUT2D eigenvalue weighted by molar-refractivity contribution is -0.0545. The number of hydrogen-bond donors (Lipinski definition) is 2. The number of amides is 2. The van der Waals surface area contributed by atoms with Gasteiger partial charge < -0.3 is 15.0 Å². The zero-order valence-electron chi connectivity index (χ0n) is 11.7. The summed E-state index contributed by atoms with van der Waals surface area (Å²) in [6.07, 6.45) is 1.76. The molecule has 2 atom stereocenters. The fraction of sp³-hybridized carbons (Fsp3) is 0.909. The lowest BCUT2D eigenvalue weighted by Crippen LogP contribution is -2.51. The monoisotopic (exact) mass is 293 g/mol. The van der Waals surface area contributed by atoms with E-state index in [2.05, 4.69) is 10.0 Å². The lowest BCUT2D eigenvalue weighted by atomic mass is 10.2. The molecule has 0 aliphatic carbocycles. The molecule has 1 saturated heterocycles. The van der Waals surface area contributed by atoms with Crippen LogP contribution in [0.4, 0.5) is 4.79 Å². The number of urea groups is 1. The summed E-state index contributed by atoms with van der Waals surface area (Å²) in [7, 11) is -3.15. The molecule has 0 radical (unpaired) electrons. The van der Waals surface area contributed by atoms with Crippen molar-refractivity contribution >= 4 is 16.1 Å². The van der Waals surface area contributed by atoms with Gasteiger partial charge in [-0.1, -0.05) is 0 Å². The molecule has 0 aromatic carbocycles. The molecule has 2 amide bonds. The van der Waals surface area contributed by atoms with Gasteiger partial charge in [0.1, 0.15) is 0 Å². The van der Waals surface area contributed by atoms with E-state index in [1.807, 2.05) is 13.8 Å². The number of nitrogens with zero attached hydrogens (tertiary/aromatic N) is 1. The van der Waals surface area contributed by atoms with Crippen molar-refractivity contribution in [2.75, 3.05) is 32.4 Å². The molecule has 19 heavy (non-hydrogen) atoms. The Morgan fingerprint density at radius 3 is 2.37 bits per heavy atom. The zero-order valence-corrected chi connectivity index (χ0v) is 12.5. The third kappa shape index (κ3) is 6.74. The van der Waals surface area contributed by atoms with Crippen LogP contribution in [0.1, 0.15) is 20.3 Å². The quantitative estimate of drug-likeness (QED) is 0.684. The van der Waals surface area contributed by atoms with Gasteiger partial charge in [-0.3, -0.25) is 0 Å². The molecule has 1 rings (SSSR count). The van der Waals surface area contributed by atoms with Gasteiger partial charge in [0.15, 0.2) is 0 Å². The molecular formula is C11H23N3O4S. The van der Waals surface area contributed by atoms with E-state index < -0.39 is 10.0 Å². The average Bonchev–Trinajstić information content (AvgIpc) is 2.25. The van der Waals surface area contributed by atoms with E-state index >= 15 is 0 Å². The smallest absolute Gasteiger partial charge is 0.317 e. The van der Waals surface area contributed by atoms with Crippen LogP contribution in [0.25, 0.3) is 0 Å². The second-order valence-electron chi connectivity index (χ2n) is 4.91. The van der Waals surface area contributed by atoms with Gasteiger partial charge in [0, 0.05) is 26.2 Å². The Balaban J connectivity index is 2.20. The molecule has 1 heterocycles. The summed E-state index contributed by atoms with van der Waals surface area (Å²) < 4.78 is 29.6. The maximum atomic E-state index is 11.9. The Morgan fingerprint density at radius 1 is 1.26 bits per heavy atom. The molecule has 112 valence electrons. The molecular weight excluding hydrogens is 270 g/mol. The van der Waals surface area contributed by atoms with Crippen molar-refractivity contribution in [3.8, 4) is 0 Å². The summed E-state index contributed by atoms with van der Waals surface area (Å²) in [4.78, 5) is 13.6. The Labute approximate surface area is 114 Å².